The van der Waals surface area contributed by atoms with Gasteiger partial charge in [0.05, 0.1) is 33.0 Å². The van der Waals surface area contributed by atoms with E-state index >= 15 is 0 Å². The number of likely N-dealkylation sites (tertiary alicyclic amines) is 1. The molecule has 2 aromatic carbocycles. The van der Waals surface area contributed by atoms with Gasteiger partial charge in [-0.25, -0.2) is 4.79 Å². The minimum atomic E-state index is -0.381. The number of benzene rings is 2. The Morgan fingerprint density at radius 1 is 1.06 bits per heavy atom. The molecular weight excluding hydrogens is 406 g/mol. The zero-order valence-electron chi connectivity index (χ0n) is 19.6. The Morgan fingerprint density at radius 2 is 1.75 bits per heavy atom. The lowest BCUT2D eigenvalue weighted by Crippen LogP contribution is -2.38. The lowest BCUT2D eigenvalue weighted by atomic mass is 9.92. The summed E-state index contributed by atoms with van der Waals surface area (Å²) in [4.78, 5) is 15.3. The first-order valence-corrected chi connectivity index (χ1v) is 11.3. The Morgan fingerprint density at radius 3 is 2.38 bits per heavy atom. The Labute approximate surface area is 191 Å². The van der Waals surface area contributed by atoms with Crippen LogP contribution >= 0.6 is 0 Å². The zero-order chi connectivity index (χ0) is 22.9. The van der Waals surface area contributed by atoms with Crippen molar-refractivity contribution in [2.75, 3.05) is 41.0 Å². The van der Waals surface area contributed by atoms with Gasteiger partial charge in [-0.3, -0.25) is 0 Å². The lowest BCUT2D eigenvalue weighted by molar-refractivity contribution is 0.0247. The number of rotatable bonds is 10. The molecule has 1 saturated heterocycles. The average molecular weight is 442 g/mol. The average Bonchev–Trinajstić information content (AvgIpc) is 2.82. The van der Waals surface area contributed by atoms with Crippen molar-refractivity contribution in [1.82, 2.24) is 4.90 Å². The smallest absolute Gasteiger partial charge is 0.338 e. The molecule has 0 radical (unpaired) electrons. The molecule has 1 aliphatic rings. The fourth-order valence-corrected chi connectivity index (χ4v) is 4.45. The largest absolute Gasteiger partial charge is 0.493 e. The lowest BCUT2D eigenvalue weighted by Gasteiger charge is -2.33. The summed E-state index contributed by atoms with van der Waals surface area (Å²) in [5.74, 6) is 1.48. The van der Waals surface area contributed by atoms with Gasteiger partial charge >= 0.3 is 5.97 Å². The van der Waals surface area contributed by atoms with Gasteiger partial charge in [0, 0.05) is 13.1 Å². The first-order valence-electron chi connectivity index (χ1n) is 11.3. The number of methoxy groups -OCH3 is 3. The second kappa shape index (κ2) is 11.8. The van der Waals surface area contributed by atoms with Crippen molar-refractivity contribution in [3.63, 3.8) is 0 Å². The normalized spacial score (nSPS) is 17.4. The highest BCUT2D eigenvalue weighted by Crippen LogP contribution is 2.38. The molecule has 1 aliphatic heterocycles. The number of nitrogens with zero attached hydrogens (tertiary/aromatic N) is 1. The maximum absolute atomic E-state index is 12.8. The SMILES string of the molecule is COc1cc(C(=O)OC(C)CC2CCCN(CCc3ccccc3)C2)cc(OC)c1OC. The third kappa shape index (κ3) is 6.39. The first kappa shape index (κ1) is 23.9. The zero-order valence-corrected chi connectivity index (χ0v) is 19.6. The summed E-state index contributed by atoms with van der Waals surface area (Å²) in [5, 5.41) is 0. The van der Waals surface area contributed by atoms with E-state index < -0.39 is 0 Å². The Hall–Kier alpha value is -2.73. The van der Waals surface area contributed by atoms with Crippen LogP contribution in [0.2, 0.25) is 0 Å². The molecule has 174 valence electrons. The number of hydrogen-bond donors (Lipinski definition) is 0. The van der Waals surface area contributed by atoms with Crippen LogP contribution in [-0.2, 0) is 11.2 Å². The third-order valence-electron chi connectivity index (χ3n) is 6.04. The van der Waals surface area contributed by atoms with Crippen molar-refractivity contribution < 1.29 is 23.7 Å². The van der Waals surface area contributed by atoms with E-state index in [0.29, 0.717) is 28.7 Å². The molecule has 0 aromatic heterocycles. The summed E-state index contributed by atoms with van der Waals surface area (Å²) in [6.45, 7) is 5.24. The van der Waals surface area contributed by atoms with Gasteiger partial charge in [-0.05, 0) is 62.8 Å². The molecule has 0 amide bonds. The molecule has 0 bridgehead atoms. The summed E-state index contributed by atoms with van der Waals surface area (Å²) < 4.78 is 21.8. The van der Waals surface area contributed by atoms with Gasteiger partial charge in [-0.2, -0.15) is 0 Å². The summed E-state index contributed by atoms with van der Waals surface area (Å²) >= 11 is 0. The molecule has 6 nitrogen and oxygen atoms in total. The minimum Gasteiger partial charge on any atom is -0.493 e. The number of piperidine rings is 1. The molecular formula is C26H35NO5. The summed E-state index contributed by atoms with van der Waals surface area (Å²) in [6, 6.07) is 13.9. The maximum Gasteiger partial charge on any atom is 0.338 e. The van der Waals surface area contributed by atoms with Crippen molar-refractivity contribution in [3.05, 3.63) is 53.6 Å². The highest BCUT2D eigenvalue weighted by atomic mass is 16.5. The van der Waals surface area contributed by atoms with Crippen molar-refractivity contribution in [2.24, 2.45) is 5.92 Å². The van der Waals surface area contributed by atoms with Crippen LogP contribution in [-0.4, -0.2) is 57.9 Å². The highest BCUT2D eigenvalue weighted by Gasteiger charge is 2.24. The van der Waals surface area contributed by atoms with Gasteiger partial charge in [0.2, 0.25) is 5.75 Å². The number of carbonyl (C=O) groups is 1. The van der Waals surface area contributed by atoms with Gasteiger partial charge in [0.25, 0.3) is 0 Å². The van der Waals surface area contributed by atoms with Gasteiger partial charge in [0.15, 0.2) is 11.5 Å². The standard InChI is InChI=1S/C26H35NO5/c1-19(32-26(28)22-16-23(29-2)25(31-4)24(17-22)30-3)15-21-11-8-13-27(18-21)14-12-20-9-6-5-7-10-20/h5-7,9-10,16-17,19,21H,8,11-15,18H2,1-4H3. The molecule has 0 aliphatic carbocycles. The summed E-state index contributed by atoms with van der Waals surface area (Å²) in [6.07, 6.45) is 4.12. The van der Waals surface area contributed by atoms with Gasteiger partial charge in [0.1, 0.15) is 0 Å². The molecule has 32 heavy (non-hydrogen) atoms. The third-order valence-corrected chi connectivity index (χ3v) is 6.04. The fourth-order valence-electron chi connectivity index (χ4n) is 4.45. The molecule has 2 unspecified atom stereocenters. The number of hydrogen-bond acceptors (Lipinski definition) is 6. The van der Waals surface area contributed by atoms with Gasteiger partial charge in [-0.15, -0.1) is 0 Å². The van der Waals surface area contributed by atoms with E-state index in [1.807, 2.05) is 6.92 Å². The molecule has 3 rings (SSSR count). The Bertz CT molecular complexity index is 845. The minimum absolute atomic E-state index is 0.166. The van der Waals surface area contributed by atoms with Crippen LogP contribution in [0.3, 0.4) is 0 Å². The van der Waals surface area contributed by atoms with Crippen molar-refractivity contribution in [2.45, 2.75) is 38.7 Å². The van der Waals surface area contributed by atoms with E-state index in [1.165, 1.54) is 39.7 Å². The van der Waals surface area contributed by atoms with E-state index in [-0.39, 0.29) is 12.1 Å². The monoisotopic (exact) mass is 441 g/mol. The van der Waals surface area contributed by atoms with Crippen LogP contribution < -0.4 is 14.2 Å². The molecule has 0 spiro atoms. The van der Waals surface area contributed by atoms with E-state index in [0.717, 1.165) is 32.5 Å². The van der Waals surface area contributed by atoms with Crippen LogP contribution in [0.15, 0.2) is 42.5 Å². The molecule has 2 atom stereocenters. The maximum atomic E-state index is 12.8. The first-order chi connectivity index (χ1) is 15.5. The van der Waals surface area contributed by atoms with Gasteiger partial charge < -0.3 is 23.8 Å². The second-order valence-corrected chi connectivity index (χ2v) is 8.41. The number of carbonyl (C=O) groups excluding carboxylic acids is 1. The molecule has 1 fully saturated rings. The van der Waals surface area contributed by atoms with Crippen LogP contribution in [0, 0.1) is 5.92 Å². The Balaban J connectivity index is 1.53. The van der Waals surface area contributed by atoms with Crippen molar-refractivity contribution in [1.29, 1.82) is 0 Å². The highest BCUT2D eigenvalue weighted by molar-refractivity contribution is 5.91. The predicted molar refractivity (Wildman–Crippen MR) is 125 cm³/mol. The van der Waals surface area contributed by atoms with Crippen LogP contribution in [0.25, 0.3) is 0 Å². The molecule has 1 heterocycles. The molecule has 6 heteroatoms. The molecule has 2 aromatic rings. The van der Waals surface area contributed by atoms with Crippen molar-refractivity contribution in [3.8, 4) is 17.2 Å². The van der Waals surface area contributed by atoms with E-state index in [1.54, 1.807) is 12.1 Å². The van der Waals surface area contributed by atoms with Gasteiger partial charge in [-0.1, -0.05) is 30.3 Å². The topological polar surface area (TPSA) is 57.2 Å². The second-order valence-electron chi connectivity index (χ2n) is 8.41. The van der Waals surface area contributed by atoms with Crippen molar-refractivity contribution >= 4 is 5.97 Å². The Kier molecular flexibility index (Phi) is 8.80. The fraction of sp³-hybridized carbons (Fsp3) is 0.500. The van der Waals surface area contributed by atoms with Crippen LogP contribution in [0.4, 0.5) is 0 Å². The van der Waals surface area contributed by atoms with Crippen LogP contribution in [0.5, 0.6) is 17.2 Å². The van der Waals surface area contributed by atoms with E-state index in [2.05, 4.69) is 35.2 Å². The summed E-state index contributed by atoms with van der Waals surface area (Å²) in [7, 11) is 4.59. The number of esters is 1. The van der Waals surface area contributed by atoms with Crippen LogP contribution in [0.1, 0.15) is 42.1 Å². The quantitative estimate of drug-likeness (QED) is 0.502. The molecule has 0 saturated carbocycles. The van der Waals surface area contributed by atoms with E-state index in [9.17, 15) is 4.79 Å². The van der Waals surface area contributed by atoms with E-state index in [4.69, 9.17) is 18.9 Å². The molecule has 0 N–H and O–H groups in total. The number of ether oxygens (including phenoxy) is 4. The predicted octanol–water partition coefficient (Wildman–Crippen LogP) is 4.60. The summed E-state index contributed by atoms with van der Waals surface area (Å²) in [5.41, 5.74) is 1.77.